The van der Waals surface area contributed by atoms with E-state index in [1.807, 2.05) is 6.92 Å². The Bertz CT molecular complexity index is 1590. The Morgan fingerprint density at radius 2 is 1.78 bits per heavy atom. The average Bonchev–Trinajstić information content (AvgIpc) is 3.25. The molecule has 0 saturated carbocycles. The van der Waals surface area contributed by atoms with E-state index in [2.05, 4.69) is 15.0 Å². The number of aliphatic carboxylic acids is 1. The van der Waals surface area contributed by atoms with E-state index >= 15 is 0 Å². The van der Waals surface area contributed by atoms with Crippen LogP contribution >= 0.6 is 0 Å². The molecule has 0 atom stereocenters. The first-order chi connectivity index (χ1) is 17.6. The molecule has 186 valence electrons. The second-order valence-corrected chi connectivity index (χ2v) is 8.11. The van der Waals surface area contributed by atoms with Gasteiger partial charge in [-0.25, -0.2) is 9.64 Å². The molecule has 5 nitrogen and oxygen atoms in total. The summed E-state index contributed by atoms with van der Waals surface area (Å²) in [6, 6.07) is 14.9. The zero-order valence-corrected chi connectivity index (χ0v) is 19.4. The zero-order chi connectivity index (χ0) is 26.7. The summed E-state index contributed by atoms with van der Waals surface area (Å²) in [6.45, 7) is 9.37. The average molecular weight is 505 g/mol. The summed E-state index contributed by atoms with van der Waals surface area (Å²) < 4.78 is 54.3. The standard InChI is InChI=1S/C28H19F4N3O2/c1-3-20(21-11-10-19(28(30,31)32)15-24(21)33-2)26(17-7-4-16(5-8-17)6-13-25(36)37)18-9-12-23-22(14-18)27(29)35-34-23/h4-15H,3H2,1H3,(H,34,35)(H,36,37)/b13-6+,26-20+. The zero-order valence-electron chi connectivity index (χ0n) is 19.4. The summed E-state index contributed by atoms with van der Waals surface area (Å²) in [7, 11) is 0. The fourth-order valence-electron chi connectivity index (χ4n) is 4.14. The fraction of sp³-hybridized carbons (Fsp3) is 0.107. The predicted octanol–water partition coefficient (Wildman–Crippen LogP) is 7.74. The van der Waals surface area contributed by atoms with Gasteiger partial charge >= 0.3 is 12.1 Å². The molecule has 0 fully saturated rings. The molecule has 0 aliphatic heterocycles. The molecule has 37 heavy (non-hydrogen) atoms. The van der Waals surface area contributed by atoms with Crippen LogP contribution in [-0.4, -0.2) is 21.3 Å². The van der Waals surface area contributed by atoms with Gasteiger partial charge in [0, 0.05) is 11.6 Å². The highest BCUT2D eigenvalue weighted by molar-refractivity contribution is 6.02. The van der Waals surface area contributed by atoms with Gasteiger partial charge < -0.3 is 5.11 Å². The van der Waals surface area contributed by atoms with Crippen molar-refractivity contribution in [1.82, 2.24) is 10.2 Å². The van der Waals surface area contributed by atoms with Crippen LogP contribution in [0.3, 0.4) is 0 Å². The minimum absolute atomic E-state index is 0.152. The number of H-pyrrole nitrogens is 1. The van der Waals surface area contributed by atoms with E-state index in [1.165, 1.54) is 12.1 Å². The molecule has 0 aliphatic rings. The number of carbonyl (C=O) groups is 1. The van der Waals surface area contributed by atoms with Gasteiger partial charge in [-0.1, -0.05) is 49.4 Å². The number of halogens is 4. The quantitative estimate of drug-likeness (QED) is 0.122. The maximum absolute atomic E-state index is 14.3. The van der Waals surface area contributed by atoms with Gasteiger partial charge in [-0.3, -0.25) is 5.10 Å². The molecule has 0 radical (unpaired) electrons. The van der Waals surface area contributed by atoms with Gasteiger partial charge in [0.1, 0.15) is 0 Å². The van der Waals surface area contributed by atoms with Crippen LogP contribution in [0.1, 0.15) is 41.2 Å². The minimum atomic E-state index is -4.60. The molecule has 0 spiro atoms. The van der Waals surface area contributed by atoms with Crippen molar-refractivity contribution in [3.05, 3.63) is 112 Å². The van der Waals surface area contributed by atoms with Crippen molar-refractivity contribution >= 4 is 39.8 Å². The van der Waals surface area contributed by atoms with Crippen LogP contribution in [0.25, 0.3) is 33.0 Å². The second kappa shape index (κ2) is 10.1. The van der Waals surface area contributed by atoms with Gasteiger partial charge in [-0.15, -0.1) is 0 Å². The number of alkyl halides is 3. The Kier molecular flexibility index (Phi) is 6.94. The predicted molar refractivity (Wildman–Crippen MR) is 133 cm³/mol. The van der Waals surface area contributed by atoms with Gasteiger partial charge in [0.2, 0.25) is 5.95 Å². The summed E-state index contributed by atoms with van der Waals surface area (Å²) >= 11 is 0. The highest BCUT2D eigenvalue weighted by Gasteiger charge is 2.31. The van der Waals surface area contributed by atoms with Crippen LogP contribution in [0.4, 0.5) is 23.2 Å². The number of nitrogens with one attached hydrogen (secondary N) is 1. The maximum atomic E-state index is 14.3. The van der Waals surface area contributed by atoms with Gasteiger partial charge in [-0.2, -0.15) is 22.7 Å². The number of hydrogen-bond donors (Lipinski definition) is 2. The summed E-state index contributed by atoms with van der Waals surface area (Å²) in [5, 5.41) is 15.3. The molecule has 9 heteroatoms. The van der Waals surface area contributed by atoms with Gasteiger partial charge in [0.15, 0.2) is 5.69 Å². The van der Waals surface area contributed by atoms with E-state index in [-0.39, 0.29) is 11.1 Å². The van der Waals surface area contributed by atoms with Crippen molar-refractivity contribution in [1.29, 1.82) is 0 Å². The van der Waals surface area contributed by atoms with Gasteiger partial charge in [0.25, 0.3) is 0 Å². The van der Waals surface area contributed by atoms with Crippen LogP contribution < -0.4 is 0 Å². The number of allylic oxidation sites excluding steroid dienone is 1. The normalized spacial score (nSPS) is 12.5. The van der Waals surface area contributed by atoms with E-state index in [4.69, 9.17) is 11.7 Å². The summed E-state index contributed by atoms with van der Waals surface area (Å²) in [5.41, 5.74) is 2.72. The number of benzene rings is 3. The number of carboxylic acids is 1. The number of carboxylic acid groups (broad SMARTS) is 1. The summed E-state index contributed by atoms with van der Waals surface area (Å²) in [5.74, 6) is -1.72. The summed E-state index contributed by atoms with van der Waals surface area (Å²) in [4.78, 5) is 14.2. The maximum Gasteiger partial charge on any atom is 0.415 e. The molecule has 1 heterocycles. The topological polar surface area (TPSA) is 70.3 Å². The molecule has 4 rings (SSSR count). The number of hydrogen-bond acceptors (Lipinski definition) is 2. The van der Waals surface area contributed by atoms with Crippen molar-refractivity contribution < 1.29 is 27.5 Å². The lowest BCUT2D eigenvalue weighted by Gasteiger charge is -2.18. The van der Waals surface area contributed by atoms with Crippen LogP contribution in [0.2, 0.25) is 0 Å². The molecule has 0 unspecified atom stereocenters. The molecule has 3 aromatic carbocycles. The monoisotopic (exact) mass is 505 g/mol. The lowest BCUT2D eigenvalue weighted by atomic mass is 9.86. The number of nitrogens with zero attached hydrogens (tertiary/aromatic N) is 2. The second-order valence-electron chi connectivity index (χ2n) is 8.11. The third kappa shape index (κ3) is 5.28. The molecule has 1 aromatic heterocycles. The van der Waals surface area contributed by atoms with Crippen LogP contribution in [0.5, 0.6) is 0 Å². The number of fused-ring (bicyclic) bond motifs is 1. The molecule has 0 bridgehead atoms. The van der Waals surface area contributed by atoms with Gasteiger partial charge in [0.05, 0.1) is 17.5 Å². The largest absolute Gasteiger partial charge is 0.478 e. The molecule has 2 N–H and O–H groups in total. The van der Waals surface area contributed by atoms with E-state index < -0.39 is 23.7 Å². The van der Waals surface area contributed by atoms with Crippen molar-refractivity contribution in [3.8, 4) is 0 Å². The fourth-order valence-corrected chi connectivity index (χ4v) is 4.14. The third-order valence-electron chi connectivity index (χ3n) is 5.84. The van der Waals surface area contributed by atoms with Crippen LogP contribution in [0.15, 0.2) is 66.7 Å². The Labute approximate surface area is 209 Å². The molecular weight excluding hydrogens is 486 g/mol. The molecule has 0 aliphatic carbocycles. The summed E-state index contributed by atoms with van der Waals surface area (Å²) in [6.07, 6.45) is -1.81. The third-order valence-corrected chi connectivity index (χ3v) is 5.84. The Morgan fingerprint density at radius 3 is 2.41 bits per heavy atom. The first-order valence-corrected chi connectivity index (χ1v) is 11.1. The van der Waals surface area contributed by atoms with Crippen molar-refractivity contribution in [2.45, 2.75) is 19.5 Å². The number of aromatic amines is 1. The van der Waals surface area contributed by atoms with E-state index in [0.29, 0.717) is 45.3 Å². The molecule has 4 aromatic rings. The van der Waals surface area contributed by atoms with E-state index in [1.54, 1.807) is 42.5 Å². The highest BCUT2D eigenvalue weighted by atomic mass is 19.4. The lowest BCUT2D eigenvalue weighted by molar-refractivity contribution is -0.137. The minimum Gasteiger partial charge on any atom is -0.478 e. The molecule has 0 amide bonds. The Morgan fingerprint density at radius 1 is 1.08 bits per heavy atom. The SMILES string of the molecule is [C-]#[N+]c1cc(C(F)(F)F)ccc1/C(CC)=C(\c1ccc(/C=C/C(=O)O)cc1)c1ccc2n[nH]c(F)c2c1. The van der Waals surface area contributed by atoms with Crippen LogP contribution in [-0.2, 0) is 11.0 Å². The van der Waals surface area contributed by atoms with E-state index in [9.17, 15) is 22.4 Å². The highest BCUT2D eigenvalue weighted by Crippen LogP contribution is 2.41. The molecule has 0 saturated heterocycles. The van der Waals surface area contributed by atoms with Crippen molar-refractivity contribution in [2.24, 2.45) is 0 Å². The first-order valence-electron chi connectivity index (χ1n) is 11.1. The lowest BCUT2D eigenvalue weighted by Crippen LogP contribution is -2.05. The number of rotatable bonds is 6. The molecular formula is C28H19F4N3O2. The van der Waals surface area contributed by atoms with E-state index in [0.717, 1.165) is 18.2 Å². The number of aromatic nitrogens is 2. The van der Waals surface area contributed by atoms with Crippen LogP contribution in [0, 0.1) is 12.5 Å². The Hall–Kier alpha value is -4.71. The van der Waals surface area contributed by atoms with Gasteiger partial charge in [-0.05, 0) is 64.1 Å². The van der Waals surface area contributed by atoms with Crippen molar-refractivity contribution in [3.63, 3.8) is 0 Å². The van der Waals surface area contributed by atoms with Crippen molar-refractivity contribution in [2.75, 3.05) is 0 Å². The smallest absolute Gasteiger partial charge is 0.415 e. The Balaban J connectivity index is 1.99. The first kappa shape index (κ1) is 25.4.